The third-order valence-electron chi connectivity index (χ3n) is 3.17. The molecule has 1 saturated carbocycles. The molecule has 1 aromatic carbocycles. The van der Waals surface area contributed by atoms with E-state index in [1.807, 2.05) is 0 Å². The Labute approximate surface area is 96.5 Å². The van der Waals surface area contributed by atoms with Crippen LogP contribution < -0.4 is 0 Å². The number of aromatic hydroxyl groups is 1. The molecule has 86 valence electrons. The van der Waals surface area contributed by atoms with Gasteiger partial charge in [-0.2, -0.15) is 0 Å². The molecule has 0 bridgehead atoms. The minimum absolute atomic E-state index is 0.0241. The van der Waals surface area contributed by atoms with Crippen LogP contribution in [0.15, 0.2) is 12.1 Å². The molecule has 5 heteroatoms. The van der Waals surface area contributed by atoms with Gasteiger partial charge in [0.1, 0.15) is 11.6 Å². The Morgan fingerprint density at radius 1 is 1.44 bits per heavy atom. The zero-order valence-electron chi connectivity index (χ0n) is 8.33. The fourth-order valence-electron chi connectivity index (χ4n) is 2.10. The number of carboxylic acid groups (broad SMARTS) is 1. The van der Waals surface area contributed by atoms with Gasteiger partial charge in [-0.05, 0) is 25.0 Å². The smallest absolute Gasteiger partial charge is 0.314 e. The fraction of sp³-hybridized carbons (Fsp3) is 0.364. The number of hydrogen-bond donors (Lipinski definition) is 2. The molecule has 2 N–H and O–H groups in total. The number of halogens is 2. The van der Waals surface area contributed by atoms with E-state index >= 15 is 0 Å². The van der Waals surface area contributed by atoms with Crippen molar-refractivity contribution < 1.29 is 19.4 Å². The van der Waals surface area contributed by atoms with E-state index < -0.39 is 23.0 Å². The molecule has 0 aliphatic heterocycles. The van der Waals surface area contributed by atoms with E-state index in [2.05, 4.69) is 0 Å². The summed E-state index contributed by atoms with van der Waals surface area (Å²) in [4.78, 5) is 11.2. The molecule has 16 heavy (non-hydrogen) atoms. The molecule has 1 aliphatic carbocycles. The van der Waals surface area contributed by atoms with E-state index in [-0.39, 0.29) is 10.6 Å². The van der Waals surface area contributed by atoms with Crippen LogP contribution in [0.3, 0.4) is 0 Å². The second-order valence-corrected chi connectivity index (χ2v) is 4.40. The Morgan fingerprint density at radius 2 is 2.06 bits per heavy atom. The van der Waals surface area contributed by atoms with E-state index in [9.17, 15) is 14.3 Å². The van der Waals surface area contributed by atoms with Crippen LogP contribution in [0.25, 0.3) is 0 Å². The third-order valence-corrected chi connectivity index (χ3v) is 3.48. The van der Waals surface area contributed by atoms with Crippen LogP contribution in [0.5, 0.6) is 5.75 Å². The van der Waals surface area contributed by atoms with Gasteiger partial charge in [0.2, 0.25) is 0 Å². The van der Waals surface area contributed by atoms with E-state index in [0.717, 1.165) is 6.07 Å². The number of carboxylic acids is 1. The summed E-state index contributed by atoms with van der Waals surface area (Å²) >= 11 is 5.67. The Bertz CT molecular complexity index is 455. The molecule has 1 aromatic rings. The second kappa shape index (κ2) is 3.63. The summed E-state index contributed by atoms with van der Waals surface area (Å²) in [5, 5.41) is 18.8. The quantitative estimate of drug-likeness (QED) is 0.841. The Kier molecular flexibility index (Phi) is 2.54. The number of carbonyl (C=O) groups is 1. The average molecular weight is 245 g/mol. The summed E-state index contributed by atoms with van der Waals surface area (Å²) < 4.78 is 13.6. The monoisotopic (exact) mass is 244 g/mol. The summed E-state index contributed by atoms with van der Waals surface area (Å²) in [6.07, 6.45) is 1.36. The van der Waals surface area contributed by atoms with Gasteiger partial charge in [-0.3, -0.25) is 4.79 Å². The maximum Gasteiger partial charge on any atom is 0.314 e. The summed E-state index contributed by atoms with van der Waals surface area (Å²) in [5.74, 6) is -2.29. The molecule has 0 amide bonds. The lowest BCUT2D eigenvalue weighted by Crippen LogP contribution is -2.43. The van der Waals surface area contributed by atoms with Crippen LogP contribution in [-0.2, 0) is 10.2 Å². The molecule has 3 nitrogen and oxygen atoms in total. The van der Waals surface area contributed by atoms with Crippen molar-refractivity contribution in [2.75, 3.05) is 0 Å². The van der Waals surface area contributed by atoms with Crippen molar-refractivity contribution in [1.29, 1.82) is 0 Å². The average Bonchev–Trinajstić information content (AvgIpc) is 2.15. The molecule has 1 aliphatic rings. The Morgan fingerprint density at radius 3 is 2.50 bits per heavy atom. The van der Waals surface area contributed by atoms with Crippen LogP contribution in [0.1, 0.15) is 24.8 Å². The van der Waals surface area contributed by atoms with E-state index in [1.54, 1.807) is 0 Å². The first kappa shape index (κ1) is 11.2. The first-order chi connectivity index (χ1) is 7.49. The van der Waals surface area contributed by atoms with Gasteiger partial charge in [-0.1, -0.05) is 18.0 Å². The topological polar surface area (TPSA) is 57.5 Å². The largest absolute Gasteiger partial charge is 0.506 e. The third kappa shape index (κ3) is 1.37. The highest BCUT2D eigenvalue weighted by Crippen LogP contribution is 2.49. The summed E-state index contributed by atoms with van der Waals surface area (Å²) in [6, 6.07) is 2.30. The lowest BCUT2D eigenvalue weighted by Gasteiger charge is -2.38. The standard InChI is InChI=1S/C11H10ClFO3/c12-6-2-3-7(13)8(9(6)14)11(10(15)16)4-1-5-11/h2-3,14H,1,4-5H2,(H,15,16). The van der Waals surface area contributed by atoms with E-state index in [0.29, 0.717) is 19.3 Å². The van der Waals surface area contributed by atoms with Gasteiger partial charge in [0.25, 0.3) is 0 Å². The second-order valence-electron chi connectivity index (χ2n) is 3.99. The predicted molar refractivity (Wildman–Crippen MR) is 56.2 cm³/mol. The number of phenolic OH excluding ortho intramolecular Hbond substituents is 1. The summed E-state index contributed by atoms with van der Waals surface area (Å²) in [5.41, 5.74) is -1.49. The van der Waals surface area contributed by atoms with Crippen molar-refractivity contribution in [3.05, 3.63) is 28.5 Å². The number of rotatable bonds is 2. The lowest BCUT2D eigenvalue weighted by atomic mass is 9.64. The van der Waals surface area contributed by atoms with Crippen LogP contribution in [0.4, 0.5) is 4.39 Å². The van der Waals surface area contributed by atoms with Crippen molar-refractivity contribution in [1.82, 2.24) is 0 Å². The van der Waals surface area contributed by atoms with Crippen molar-refractivity contribution in [3.63, 3.8) is 0 Å². The Hall–Kier alpha value is -1.29. The van der Waals surface area contributed by atoms with Gasteiger partial charge in [0.05, 0.1) is 10.4 Å². The Balaban J connectivity index is 2.63. The highest BCUT2D eigenvalue weighted by atomic mass is 35.5. The van der Waals surface area contributed by atoms with Crippen molar-refractivity contribution in [2.24, 2.45) is 0 Å². The van der Waals surface area contributed by atoms with Gasteiger partial charge in [0.15, 0.2) is 0 Å². The normalized spacial score (nSPS) is 17.9. The predicted octanol–water partition coefficient (Wildman–Crippen LogP) is 2.69. The van der Waals surface area contributed by atoms with Crippen LogP contribution in [0, 0.1) is 5.82 Å². The molecular weight excluding hydrogens is 235 g/mol. The van der Waals surface area contributed by atoms with Crippen LogP contribution >= 0.6 is 11.6 Å². The van der Waals surface area contributed by atoms with Gasteiger partial charge in [0, 0.05) is 5.56 Å². The summed E-state index contributed by atoms with van der Waals surface area (Å²) in [6.45, 7) is 0. The van der Waals surface area contributed by atoms with E-state index in [4.69, 9.17) is 16.7 Å². The van der Waals surface area contributed by atoms with Gasteiger partial charge < -0.3 is 10.2 Å². The number of phenols is 1. The van der Waals surface area contributed by atoms with E-state index in [1.165, 1.54) is 6.07 Å². The number of hydrogen-bond acceptors (Lipinski definition) is 2. The van der Waals surface area contributed by atoms with Crippen molar-refractivity contribution in [3.8, 4) is 5.75 Å². The molecule has 0 saturated heterocycles. The molecule has 0 aromatic heterocycles. The zero-order chi connectivity index (χ0) is 11.9. The summed E-state index contributed by atoms with van der Waals surface area (Å²) in [7, 11) is 0. The maximum absolute atomic E-state index is 13.6. The minimum Gasteiger partial charge on any atom is -0.506 e. The molecule has 2 rings (SSSR count). The molecule has 0 spiro atoms. The number of aliphatic carboxylic acids is 1. The van der Waals surface area contributed by atoms with Crippen LogP contribution in [0.2, 0.25) is 5.02 Å². The number of benzene rings is 1. The maximum atomic E-state index is 13.6. The van der Waals surface area contributed by atoms with Crippen molar-refractivity contribution in [2.45, 2.75) is 24.7 Å². The van der Waals surface area contributed by atoms with Gasteiger partial charge >= 0.3 is 5.97 Å². The molecule has 0 heterocycles. The first-order valence-corrected chi connectivity index (χ1v) is 5.28. The highest BCUT2D eigenvalue weighted by molar-refractivity contribution is 6.32. The minimum atomic E-state index is -1.31. The fourth-order valence-corrected chi connectivity index (χ4v) is 2.25. The molecule has 1 fully saturated rings. The molecule has 0 unspecified atom stereocenters. The molecule has 0 atom stereocenters. The highest BCUT2D eigenvalue weighted by Gasteiger charge is 2.49. The van der Waals surface area contributed by atoms with Gasteiger partial charge in [-0.25, -0.2) is 4.39 Å². The molecule has 0 radical (unpaired) electrons. The van der Waals surface area contributed by atoms with Gasteiger partial charge in [-0.15, -0.1) is 0 Å². The zero-order valence-corrected chi connectivity index (χ0v) is 9.09. The first-order valence-electron chi connectivity index (χ1n) is 4.90. The molecular formula is C11H10ClFO3. The lowest BCUT2D eigenvalue weighted by molar-refractivity contribution is -0.147. The SMILES string of the molecule is O=C(O)C1(c2c(F)ccc(Cl)c2O)CCC1. The van der Waals surface area contributed by atoms with Crippen molar-refractivity contribution >= 4 is 17.6 Å². The van der Waals surface area contributed by atoms with Crippen LogP contribution in [-0.4, -0.2) is 16.2 Å².